The maximum atomic E-state index is 13.0. The van der Waals surface area contributed by atoms with Crippen LogP contribution in [0.5, 0.6) is 0 Å². The predicted octanol–water partition coefficient (Wildman–Crippen LogP) is 2.59. The number of piperidine rings is 1. The summed E-state index contributed by atoms with van der Waals surface area (Å²) in [4.78, 5) is 17.5. The first-order valence-electron chi connectivity index (χ1n) is 10.0. The molecule has 144 valence electrons. The molecule has 1 aromatic heterocycles. The number of aromatic nitrogens is 2. The molecule has 2 aliphatic heterocycles. The van der Waals surface area contributed by atoms with E-state index in [1.807, 2.05) is 41.4 Å². The number of benzene rings is 1. The number of hydrogen-bond donors (Lipinski definition) is 0. The largest absolute Gasteiger partial charge is 0.375 e. The van der Waals surface area contributed by atoms with E-state index in [0.717, 1.165) is 50.5 Å². The van der Waals surface area contributed by atoms with Crippen molar-refractivity contribution >= 4 is 5.91 Å². The summed E-state index contributed by atoms with van der Waals surface area (Å²) in [7, 11) is 0. The van der Waals surface area contributed by atoms with E-state index in [-0.39, 0.29) is 12.0 Å². The third kappa shape index (κ3) is 4.57. The van der Waals surface area contributed by atoms with Crippen LogP contribution >= 0.6 is 0 Å². The molecule has 0 aliphatic carbocycles. The molecule has 6 nitrogen and oxygen atoms in total. The first-order valence-corrected chi connectivity index (χ1v) is 10.0. The van der Waals surface area contributed by atoms with Gasteiger partial charge in [-0.15, -0.1) is 0 Å². The highest BCUT2D eigenvalue weighted by atomic mass is 16.5. The molecule has 2 aromatic rings. The van der Waals surface area contributed by atoms with Gasteiger partial charge in [0.15, 0.2) is 0 Å². The van der Waals surface area contributed by atoms with Crippen molar-refractivity contribution in [1.29, 1.82) is 0 Å². The van der Waals surface area contributed by atoms with E-state index in [0.29, 0.717) is 6.54 Å². The summed E-state index contributed by atoms with van der Waals surface area (Å²) in [6, 6.07) is 9.56. The van der Waals surface area contributed by atoms with Gasteiger partial charge in [0.05, 0.1) is 11.8 Å². The molecule has 4 rings (SSSR count). The van der Waals surface area contributed by atoms with E-state index in [1.54, 1.807) is 10.9 Å². The predicted molar refractivity (Wildman–Crippen MR) is 104 cm³/mol. The normalized spacial score (nSPS) is 21.8. The summed E-state index contributed by atoms with van der Waals surface area (Å²) in [5.74, 6) is 0.0937. The van der Waals surface area contributed by atoms with Crippen LogP contribution in [0.1, 0.15) is 36.0 Å². The Bertz CT molecular complexity index is 723. The molecule has 0 radical (unpaired) electrons. The van der Waals surface area contributed by atoms with Crippen molar-refractivity contribution in [3.63, 3.8) is 0 Å². The Kier molecular flexibility index (Phi) is 5.84. The maximum Gasteiger partial charge on any atom is 0.253 e. The lowest BCUT2D eigenvalue weighted by Crippen LogP contribution is -2.43. The SMILES string of the molecule is O=C(c1ccc(-n2cccn2)cc1)N1CCCO[C@H](CN2CCCCC2)C1. The highest BCUT2D eigenvalue weighted by molar-refractivity contribution is 5.94. The summed E-state index contributed by atoms with van der Waals surface area (Å²) >= 11 is 0. The van der Waals surface area contributed by atoms with Crippen LogP contribution in [0.15, 0.2) is 42.7 Å². The smallest absolute Gasteiger partial charge is 0.253 e. The van der Waals surface area contributed by atoms with Gasteiger partial charge in [-0.3, -0.25) is 4.79 Å². The molecule has 2 aliphatic rings. The number of likely N-dealkylation sites (tertiary alicyclic amines) is 1. The minimum Gasteiger partial charge on any atom is -0.375 e. The highest BCUT2D eigenvalue weighted by Gasteiger charge is 2.25. The molecule has 6 heteroatoms. The zero-order valence-corrected chi connectivity index (χ0v) is 15.8. The minimum atomic E-state index is 0.0937. The quantitative estimate of drug-likeness (QED) is 0.832. The number of nitrogens with zero attached hydrogens (tertiary/aromatic N) is 4. The van der Waals surface area contributed by atoms with E-state index in [2.05, 4.69) is 10.00 Å². The van der Waals surface area contributed by atoms with E-state index in [1.165, 1.54) is 19.3 Å². The Hall–Kier alpha value is -2.18. The van der Waals surface area contributed by atoms with Gasteiger partial charge in [0.1, 0.15) is 0 Å². The van der Waals surface area contributed by atoms with Gasteiger partial charge in [0.2, 0.25) is 0 Å². The Labute approximate surface area is 160 Å². The van der Waals surface area contributed by atoms with Crippen molar-refractivity contribution in [2.24, 2.45) is 0 Å². The molecule has 2 saturated heterocycles. The van der Waals surface area contributed by atoms with Crippen LogP contribution in [0, 0.1) is 0 Å². The Morgan fingerprint density at radius 2 is 1.89 bits per heavy atom. The van der Waals surface area contributed by atoms with E-state index >= 15 is 0 Å². The standard InChI is InChI=1S/C21H28N4O2/c26-21(18-6-8-19(9-7-18)25-14-4-10-22-25)24-13-5-15-27-20(17-24)16-23-11-2-1-3-12-23/h4,6-10,14,20H,1-3,5,11-13,15-17H2/t20-/m1/s1. The number of hydrogen-bond acceptors (Lipinski definition) is 4. The van der Waals surface area contributed by atoms with Gasteiger partial charge in [-0.25, -0.2) is 4.68 Å². The van der Waals surface area contributed by atoms with Gasteiger partial charge in [0, 0.05) is 44.2 Å². The van der Waals surface area contributed by atoms with Gasteiger partial charge in [-0.2, -0.15) is 5.10 Å². The molecule has 1 atom stereocenters. The van der Waals surface area contributed by atoms with Gasteiger partial charge in [0.25, 0.3) is 5.91 Å². The molecule has 0 saturated carbocycles. The molecule has 0 unspecified atom stereocenters. The van der Waals surface area contributed by atoms with Crippen molar-refractivity contribution < 1.29 is 9.53 Å². The third-order valence-corrected chi connectivity index (χ3v) is 5.43. The molecule has 27 heavy (non-hydrogen) atoms. The monoisotopic (exact) mass is 368 g/mol. The van der Waals surface area contributed by atoms with Crippen LogP contribution in [0.4, 0.5) is 0 Å². The van der Waals surface area contributed by atoms with Crippen LogP contribution in [-0.4, -0.2) is 70.9 Å². The second kappa shape index (κ2) is 8.67. The van der Waals surface area contributed by atoms with Gasteiger partial charge in [-0.1, -0.05) is 6.42 Å². The summed E-state index contributed by atoms with van der Waals surface area (Å²) < 4.78 is 7.84. The summed E-state index contributed by atoms with van der Waals surface area (Å²) in [6.45, 7) is 5.42. The lowest BCUT2D eigenvalue weighted by Gasteiger charge is -2.31. The lowest BCUT2D eigenvalue weighted by molar-refractivity contribution is 0.0216. The van der Waals surface area contributed by atoms with E-state index in [9.17, 15) is 4.79 Å². The fourth-order valence-electron chi connectivity index (χ4n) is 3.98. The van der Waals surface area contributed by atoms with Gasteiger partial charge in [-0.05, 0) is 62.7 Å². The molecular formula is C21H28N4O2. The van der Waals surface area contributed by atoms with Crippen molar-refractivity contribution in [2.75, 3.05) is 39.3 Å². The number of carbonyl (C=O) groups excluding carboxylic acids is 1. The molecule has 3 heterocycles. The summed E-state index contributed by atoms with van der Waals surface area (Å²) in [5, 5.41) is 4.23. The van der Waals surface area contributed by atoms with E-state index < -0.39 is 0 Å². The van der Waals surface area contributed by atoms with E-state index in [4.69, 9.17) is 4.74 Å². The molecule has 1 amide bonds. The highest BCUT2D eigenvalue weighted by Crippen LogP contribution is 2.16. The van der Waals surface area contributed by atoms with Crippen molar-refractivity contribution in [3.8, 4) is 5.69 Å². The van der Waals surface area contributed by atoms with Crippen LogP contribution in [0.2, 0.25) is 0 Å². The molecule has 0 N–H and O–H groups in total. The van der Waals surface area contributed by atoms with Crippen LogP contribution in [0.25, 0.3) is 5.69 Å². The van der Waals surface area contributed by atoms with Crippen LogP contribution < -0.4 is 0 Å². The Morgan fingerprint density at radius 1 is 1.07 bits per heavy atom. The topological polar surface area (TPSA) is 50.6 Å². The minimum absolute atomic E-state index is 0.0937. The number of carbonyl (C=O) groups is 1. The van der Waals surface area contributed by atoms with Crippen LogP contribution in [0.3, 0.4) is 0 Å². The van der Waals surface area contributed by atoms with Crippen molar-refractivity contribution in [2.45, 2.75) is 31.8 Å². The Morgan fingerprint density at radius 3 is 2.63 bits per heavy atom. The molecule has 2 fully saturated rings. The average molecular weight is 368 g/mol. The first-order chi connectivity index (χ1) is 13.3. The Balaban J connectivity index is 1.40. The number of ether oxygens (including phenoxy) is 1. The fraction of sp³-hybridized carbons (Fsp3) is 0.524. The molecule has 1 aromatic carbocycles. The maximum absolute atomic E-state index is 13.0. The number of amides is 1. The number of rotatable bonds is 4. The second-order valence-electron chi connectivity index (χ2n) is 7.46. The summed E-state index contributed by atoms with van der Waals surface area (Å²) in [5.41, 5.74) is 1.68. The van der Waals surface area contributed by atoms with Crippen LogP contribution in [-0.2, 0) is 4.74 Å². The second-order valence-corrected chi connectivity index (χ2v) is 7.46. The van der Waals surface area contributed by atoms with Gasteiger partial charge >= 0.3 is 0 Å². The molecular weight excluding hydrogens is 340 g/mol. The lowest BCUT2D eigenvalue weighted by atomic mass is 10.1. The molecule has 0 spiro atoms. The third-order valence-electron chi connectivity index (χ3n) is 5.43. The average Bonchev–Trinajstić information content (AvgIpc) is 3.15. The summed E-state index contributed by atoms with van der Waals surface area (Å²) in [6.07, 6.45) is 8.54. The zero-order chi connectivity index (χ0) is 18.5. The zero-order valence-electron chi connectivity index (χ0n) is 15.8. The van der Waals surface area contributed by atoms with Crippen molar-refractivity contribution in [1.82, 2.24) is 19.6 Å². The van der Waals surface area contributed by atoms with Gasteiger partial charge < -0.3 is 14.5 Å². The first kappa shape index (κ1) is 18.2. The molecule has 0 bridgehead atoms. The van der Waals surface area contributed by atoms with Crippen molar-refractivity contribution in [3.05, 3.63) is 48.3 Å². The fourth-order valence-corrected chi connectivity index (χ4v) is 3.98.